The molecule has 3 nitrogen and oxygen atoms in total. The average molecular weight is 209 g/mol. The highest BCUT2D eigenvalue weighted by molar-refractivity contribution is 5.72. The van der Waals surface area contributed by atoms with Crippen molar-refractivity contribution in [2.24, 2.45) is 5.92 Å². The average Bonchev–Trinajstić information content (AvgIpc) is 2.61. The smallest absolute Gasteiger partial charge is 0.308 e. The third-order valence-electron chi connectivity index (χ3n) is 3.58. The molecular weight excluding hydrogens is 190 g/mol. The van der Waals surface area contributed by atoms with Crippen LogP contribution >= 0.6 is 0 Å². The summed E-state index contributed by atoms with van der Waals surface area (Å²) in [5, 5.41) is 12.2. The zero-order valence-corrected chi connectivity index (χ0v) is 9.04. The van der Waals surface area contributed by atoms with E-state index in [4.69, 9.17) is 5.11 Å². The van der Waals surface area contributed by atoms with Gasteiger partial charge in [0.25, 0.3) is 0 Å². The highest BCUT2D eigenvalue weighted by Gasteiger charge is 2.35. The monoisotopic (exact) mass is 209 g/mol. The van der Waals surface area contributed by atoms with E-state index in [1.54, 1.807) is 5.57 Å². The molecule has 3 heteroatoms. The van der Waals surface area contributed by atoms with E-state index < -0.39 is 5.97 Å². The number of hydrogen-bond donors (Lipinski definition) is 2. The molecule has 1 saturated carbocycles. The molecule has 2 rings (SSSR count). The molecular formula is C12H19NO2. The largest absolute Gasteiger partial charge is 0.481 e. The summed E-state index contributed by atoms with van der Waals surface area (Å²) in [5.74, 6) is -0.776. The van der Waals surface area contributed by atoms with Crippen LogP contribution in [0.25, 0.3) is 0 Å². The maximum atomic E-state index is 10.8. The van der Waals surface area contributed by atoms with Gasteiger partial charge in [0, 0.05) is 6.04 Å². The lowest BCUT2D eigenvalue weighted by atomic mass is 9.79. The van der Waals surface area contributed by atoms with Gasteiger partial charge >= 0.3 is 5.97 Å². The first kappa shape index (κ1) is 10.7. The molecule has 0 saturated heterocycles. The second kappa shape index (κ2) is 4.79. The second-order valence-corrected chi connectivity index (χ2v) is 4.59. The molecule has 0 aromatic carbocycles. The molecule has 2 atom stereocenters. The SMILES string of the molecule is O=C(O)C1CCC1NCCC1=CCCC1. The molecule has 0 spiro atoms. The van der Waals surface area contributed by atoms with E-state index in [0.717, 1.165) is 25.8 Å². The van der Waals surface area contributed by atoms with Crippen molar-refractivity contribution in [1.29, 1.82) is 0 Å². The van der Waals surface area contributed by atoms with Crippen molar-refractivity contribution in [3.05, 3.63) is 11.6 Å². The fourth-order valence-corrected chi connectivity index (χ4v) is 2.42. The fraction of sp³-hybridized carbons (Fsp3) is 0.750. The van der Waals surface area contributed by atoms with Crippen molar-refractivity contribution in [1.82, 2.24) is 5.32 Å². The molecule has 0 heterocycles. The van der Waals surface area contributed by atoms with E-state index in [0.29, 0.717) is 0 Å². The molecule has 0 radical (unpaired) electrons. The van der Waals surface area contributed by atoms with Crippen molar-refractivity contribution in [2.75, 3.05) is 6.54 Å². The van der Waals surface area contributed by atoms with Crippen LogP contribution in [0.5, 0.6) is 0 Å². The number of aliphatic carboxylic acids is 1. The molecule has 0 bridgehead atoms. The van der Waals surface area contributed by atoms with E-state index in [1.807, 2.05) is 0 Å². The lowest BCUT2D eigenvalue weighted by molar-refractivity contribution is -0.146. The van der Waals surface area contributed by atoms with Gasteiger partial charge in [-0.15, -0.1) is 0 Å². The van der Waals surface area contributed by atoms with Crippen LogP contribution in [0.1, 0.15) is 38.5 Å². The van der Waals surface area contributed by atoms with E-state index in [2.05, 4.69) is 11.4 Å². The van der Waals surface area contributed by atoms with Crippen molar-refractivity contribution in [3.8, 4) is 0 Å². The zero-order valence-electron chi connectivity index (χ0n) is 9.04. The Morgan fingerprint density at radius 2 is 2.40 bits per heavy atom. The Balaban J connectivity index is 1.63. The number of rotatable bonds is 5. The molecule has 15 heavy (non-hydrogen) atoms. The Hall–Kier alpha value is -0.830. The van der Waals surface area contributed by atoms with Crippen LogP contribution in [0.15, 0.2) is 11.6 Å². The zero-order chi connectivity index (χ0) is 10.7. The molecule has 1 fully saturated rings. The van der Waals surface area contributed by atoms with Gasteiger partial charge in [-0.25, -0.2) is 0 Å². The number of carbonyl (C=O) groups is 1. The van der Waals surface area contributed by atoms with Crippen LogP contribution in [-0.2, 0) is 4.79 Å². The Labute approximate surface area is 90.6 Å². The Bertz CT molecular complexity index is 273. The van der Waals surface area contributed by atoms with Gasteiger partial charge in [0.05, 0.1) is 5.92 Å². The highest BCUT2D eigenvalue weighted by Crippen LogP contribution is 2.28. The number of allylic oxidation sites excluding steroid dienone is 1. The van der Waals surface area contributed by atoms with Crippen molar-refractivity contribution < 1.29 is 9.90 Å². The summed E-state index contributed by atoms with van der Waals surface area (Å²) in [7, 11) is 0. The first-order valence-electron chi connectivity index (χ1n) is 5.91. The number of nitrogens with one attached hydrogen (secondary N) is 1. The van der Waals surface area contributed by atoms with Crippen LogP contribution < -0.4 is 5.32 Å². The summed E-state index contributed by atoms with van der Waals surface area (Å²) in [6, 6.07) is 0.226. The van der Waals surface area contributed by atoms with Crippen LogP contribution in [-0.4, -0.2) is 23.7 Å². The number of carboxylic acid groups (broad SMARTS) is 1. The molecule has 2 aliphatic carbocycles. The van der Waals surface area contributed by atoms with E-state index in [1.165, 1.54) is 19.3 Å². The maximum Gasteiger partial charge on any atom is 0.308 e. The van der Waals surface area contributed by atoms with Gasteiger partial charge in [-0.2, -0.15) is 0 Å². The van der Waals surface area contributed by atoms with Crippen molar-refractivity contribution >= 4 is 5.97 Å². The lowest BCUT2D eigenvalue weighted by Gasteiger charge is -2.34. The van der Waals surface area contributed by atoms with E-state index in [9.17, 15) is 4.79 Å². The van der Waals surface area contributed by atoms with Crippen molar-refractivity contribution in [2.45, 2.75) is 44.6 Å². The van der Waals surface area contributed by atoms with Gasteiger partial charge in [-0.05, 0) is 45.1 Å². The molecule has 84 valence electrons. The summed E-state index contributed by atoms with van der Waals surface area (Å²) >= 11 is 0. The van der Waals surface area contributed by atoms with Gasteiger partial charge in [0.15, 0.2) is 0 Å². The molecule has 0 aliphatic heterocycles. The predicted octanol–water partition coefficient (Wildman–Crippen LogP) is 1.94. The third-order valence-corrected chi connectivity index (χ3v) is 3.58. The van der Waals surface area contributed by atoms with E-state index in [-0.39, 0.29) is 12.0 Å². The fourth-order valence-electron chi connectivity index (χ4n) is 2.42. The third kappa shape index (κ3) is 2.59. The van der Waals surface area contributed by atoms with Gasteiger partial charge in [-0.3, -0.25) is 4.79 Å². The topological polar surface area (TPSA) is 49.3 Å². The summed E-state index contributed by atoms with van der Waals surface area (Å²) < 4.78 is 0. The normalized spacial score (nSPS) is 29.7. The van der Waals surface area contributed by atoms with Crippen LogP contribution in [0.2, 0.25) is 0 Å². The van der Waals surface area contributed by atoms with Crippen molar-refractivity contribution in [3.63, 3.8) is 0 Å². The van der Waals surface area contributed by atoms with Crippen LogP contribution in [0.4, 0.5) is 0 Å². The maximum absolute atomic E-state index is 10.8. The molecule has 0 amide bonds. The number of hydrogen-bond acceptors (Lipinski definition) is 2. The highest BCUT2D eigenvalue weighted by atomic mass is 16.4. The molecule has 0 aromatic rings. The number of carboxylic acids is 1. The molecule has 2 aliphatic rings. The summed E-state index contributed by atoms with van der Waals surface area (Å²) in [6.45, 7) is 0.945. The van der Waals surface area contributed by atoms with Gasteiger partial charge < -0.3 is 10.4 Å². The summed E-state index contributed by atoms with van der Waals surface area (Å²) in [6.07, 6.45) is 9.08. The summed E-state index contributed by atoms with van der Waals surface area (Å²) in [4.78, 5) is 10.8. The molecule has 2 N–H and O–H groups in total. The minimum atomic E-state index is -0.640. The summed E-state index contributed by atoms with van der Waals surface area (Å²) in [5.41, 5.74) is 1.55. The second-order valence-electron chi connectivity index (χ2n) is 4.59. The standard InChI is InChI=1S/C12H19NO2/c14-12(15)10-5-6-11(10)13-8-7-9-3-1-2-4-9/h3,10-11,13H,1-2,4-8H2,(H,14,15). The van der Waals surface area contributed by atoms with Gasteiger partial charge in [-0.1, -0.05) is 11.6 Å². The van der Waals surface area contributed by atoms with E-state index >= 15 is 0 Å². The van der Waals surface area contributed by atoms with Gasteiger partial charge in [0.2, 0.25) is 0 Å². The van der Waals surface area contributed by atoms with Gasteiger partial charge in [0.1, 0.15) is 0 Å². The minimum Gasteiger partial charge on any atom is -0.481 e. The van der Waals surface area contributed by atoms with Crippen LogP contribution in [0.3, 0.4) is 0 Å². The van der Waals surface area contributed by atoms with Crippen LogP contribution in [0, 0.1) is 5.92 Å². The molecule has 2 unspecified atom stereocenters. The first-order valence-corrected chi connectivity index (χ1v) is 5.91. The first-order chi connectivity index (χ1) is 7.27. The Kier molecular flexibility index (Phi) is 3.41. The molecule has 0 aromatic heterocycles. The quantitative estimate of drug-likeness (QED) is 0.680. The Morgan fingerprint density at radius 1 is 1.53 bits per heavy atom. The predicted molar refractivity (Wildman–Crippen MR) is 58.7 cm³/mol. The minimum absolute atomic E-state index is 0.137. The lowest BCUT2D eigenvalue weighted by Crippen LogP contribution is -2.47. The Morgan fingerprint density at radius 3 is 2.93 bits per heavy atom.